The third-order valence-corrected chi connectivity index (χ3v) is 5.10. The van der Waals surface area contributed by atoms with Gasteiger partial charge in [-0.15, -0.1) is 0 Å². The van der Waals surface area contributed by atoms with E-state index in [1.54, 1.807) is 0 Å². The van der Waals surface area contributed by atoms with Gasteiger partial charge in [0.15, 0.2) is 0 Å². The maximum absolute atomic E-state index is 11.0. The minimum absolute atomic E-state index is 2.61. The fourth-order valence-electron chi connectivity index (χ4n) is 2.27. The molecule has 10 N–H and O–H groups in total. The summed E-state index contributed by atoms with van der Waals surface area (Å²) < 4.78 is 60.4. The molecule has 0 unspecified atom stereocenters. The molecule has 1 rings (SSSR count). The number of aliphatic hydroxyl groups excluding tert-OH is 2. The molecule has 0 aliphatic heterocycles. The van der Waals surface area contributed by atoms with Crippen LogP contribution in [0.2, 0.25) is 0 Å². The normalized spacial score (nSPS) is 33.1. The van der Waals surface area contributed by atoms with Crippen molar-refractivity contribution in [3.63, 3.8) is 0 Å². The van der Waals surface area contributed by atoms with Gasteiger partial charge < -0.3 is 49.4 Å². The van der Waals surface area contributed by atoms with Gasteiger partial charge in [0.25, 0.3) is 0 Å². The first kappa shape index (κ1) is 26.4. The van der Waals surface area contributed by atoms with Crippen LogP contribution in [0.1, 0.15) is 0 Å². The smallest absolute Gasteiger partial charge is 0.387 e. The average molecular weight is 500 g/mol. The molecule has 0 bridgehead atoms. The first-order chi connectivity index (χ1) is 12.2. The van der Waals surface area contributed by atoms with Gasteiger partial charge in [-0.3, -0.25) is 18.1 Å². The molecule has 1 aliphatic carbocycles. The molecule has 0 aromatic carbocycles. The first-order valence-electron chi connectivity index (χ1n) is 6.52. The number of hydrogen-bond donors (Lipinski definition) is 10. The monoisotopic (exact) mass is 500 g/mol. The lowest BCUT2D eigenvalue weighted by Crippen LogP contribution is -2.65. The standard InChI is InChI=1S/C6H16O18P4/c7-1-3(21-25(9,10)11)5(23-27(15,16)17)2(8)6(24-28(18,19)20)4(1)22-26(12,13)14/h1-8H,(H2,9,10,11)(H2,12,13,14)(H2,15,16,17)(H2,18,19,20)/t1-,2+,3-,4+,5-,6+. The van der Waals surface area contributed by atoms with Crippen LogP contribution in [0.15, 0.2) is 0 Å². The van der Waals surface area contributed by atoms with Gasteiger partial charge in [-0.2, -0.15) is 0 Å². The lowest BCUT2D eigenvalue weighted by atomic mass is 9.85. The van der Waals surface area contributed by atoms with Crippen LogP contribution in [-0.4, -0.2) is 86.0 Å². The molecule has 28 heavy (non-hydrogen) atoms. The highest BCUT2D eigenvalue weighted by atomic mass is 31.2. The van der Waals surface area contributed by atoms with E-state index in [1.165, 1.54) is 0 Å². The summed E-state index contributed by atoms with van der Waals surface area (Å²) in [5.41, 5.74) is 0. The second-order valence-electron chi connectivity index (χ2n) is 5.22. The summed E-state index contributed by atoms with van der Waals surface area (Å²) in [6.07, 6.45) is -15.9. The van der Waals surface area contributed by atoms with Crippen molar-refractivity contribution in [3.05, 3.63) is 0 Å². The number of phosphoric acid groups is 4. The largest absolute Gasteiger partial charge is 0.470 e. The lowest BCUT2D eigenvalue weighted by Gasteiger charge is -2.45. The summed E-state index contributed by atoms with van der Waals surface area (Å²) in [4.78, 5) is 70.9. The molecule has 22 heteroatoms. The lowest BCUT2D eigenvalue weighted by molar-refractivity contribution is -0.208. The molecular formula is C6H16O18P4. The van der Waals surface area contributed by atoms with E-state index in [2.05, 4.69) is 18.1 Å². The summed E-state index contributed by atoms with van der Waals surface area (Å²) in [5, 5.41) is 20.2. The Hall–Kier alpha value is 0.360. The Kier molecular flexibility index (Phi) is 8.34. The van der Waals surface area contributed by atoms with E-state index < -0.39 is 67.9 Å². The minimum Gasteiger partial charge on any atom is -0.387 e. The van der Waals surface area contributed by atoms with Crippen molar-refractivity contribution < 1.29 is 85.7 Å². The van der Waals surface area contributed by atoms with Crippen LogP contribution in [0, 0.1) is 0 Å². The summed E-state index contributed by atoms with van der Waals surface area (Å²) >= 11 is 0. The van der Waals surface area contributed by atoms with Crippen LogP contribution >= 0.6 is 31.3 Å². The van der Waals surface area contributed by atoms with Crippen LogP contribution in [0.5, 0.6) is 0 Å². The van der Waals surface area contributed by atoms with Crippen LogP contribution in [0.3, 0.4) is 0 Å². The van der Waals surface area contributed by atoms with E-state index in [0.717, 1.165) is 0 Å². The zero-order valence-corrected chi connectivity index (χ0v) is 16.6. The molecule has 6 atom stereocenters. The molecule has 1 fully saturated rings. The molecule has 0 heterocycles. The van der Waals surface area contributed by atoms with Crippen molar-refractivity contribution in [2.45, 2.75) is 36.6 Å². The molecule has 0 spiro atoms. The van der Waals surface area contributed by atoms with Crippen LogP contribution in [-0.2, 0) is 36.4 Å². The third-order valence-electron chi connectivity index (χ3n) is 3.03. The Morgan fingerprint density at radius 1 is 0.429 bits per heavy atom. The van der Waals surface area contributed by atoms with Crippen LogP contribution < -0.4 is 0 Å². The van der Waals surface area contributed by atoms with E-state index in [0.29, 0.717) is 0 Å². The second-order valence-corrected chi connectivity index (χ2v) is 9.99. The minimum atomic E-state index is -5.59. The number of aliphatic hydroxyl groups is 2. The topological polar surface area (TPSA) is 308 Å². The van der Waals surface area contributed by atoms with E-state index in [9.17, 15) is 28.5 Å². The van der Waals surface area contributed by atoms with Gasteiger partial charge in [0, 0.05) is 0 Å². The van der Waals surface area contributed by atoms with Gasteiger partial charge in [0.05, 0.1) is 0 Å². The molecule has 1 aliphatic rings. The number of hydrogen-bond acceptors (Lipinski definition) is 10. The summed E-state index contributed by atoms with van der Waals surface area (Å²) in [7, 11) is -22.3. The number of rotatable bonds is 8. The molecular weight excluding hydrogens is 484 g/mol. The Morgan fingerprint density at radius 2 is 0.571 bits per heavy atom. The Bertz CT molecular complexity index is 604. The summed E-state index contributed by atoms with van der Waals surface area (Å²) in [6, 6.07) is 0. The molecule has 0 radical (unpaired) electrons. The highest BCUT2D eigenvalue weighted by Gasteiger charge is 2.58. The van der Waals surface area contributed by atoms with Crippen molar-refractivity contribution in [3.8, 4) is 0 Å². The van der Waals surface area contributed by atoms with E-state index in [1.807, 2.05) is 0 Å². The molecule has 168 valence electrons. The quantitative estimate of drug-likeness (QED) is 0.145. The maximum atomic E-state index is 11.0. The van der Waals surface area contributed by atoms with Crippen LogP contribution in [0.4, 0.5) is 0 Å². The van der Waals surface area contributed by atoms with Crippen molar-refractivity contribution >= 4 is 31.3 Å². The predicted molar refractivity (Wildman–Crippen MR) is 79.7 cm³/mol. The third kappa shape index (κ3) is 8.62. The zero-order valence-electron chi connectivity index (χ0n) is 13.0. The summed E-state index contributed by atoms with van der Waals surface area (Å²) in [6.45, 7) is 0. The average Bonchev–Trinajstić information content (AvgIpc) is 2.39. The van der Waals surface area contributed by atoms with Gasteiger partial charge in [0.2, 0.25) is 0 Å². The Labute approximate surface area is 154 Å². The summed E-state index contributed by atoms with van der Waals surface area (Å²) in [5.74, 6) is 0. The fourth-order valence-corrected chi connectivity index (χ4v) is 4.52. The van der Waals surface area contributed by atoms with Crippen molar-refractivity contribution in [1.29, 1.82) is 0 Å². The van der Waals surface area contributed by atoms with Gasteiger partial charge in [0.1, 0.15) is 36.6 Å². The van der Waals surface area contributed by atoms with Crippen molar-refractivity contribution in [2.24, 2.45) is 0 Å². The molecule has 0 amide bonds. The van der Waals surface area contributed by atoms with Crippen molar-refractivity contribution in [2.75, 3.05) is 0 Å². The van der Waals surface area contributed by atoms with Crippen LogP contribution in [0.25, 0.3) is 0 Å². The fraction of sp³-hybridized carbons (Fsp3) is 1.00. The first-order valence-corrected chi connectivity index (χ1v) is 12.6. The second kappa shape index (κ2) is 8.85. The van der Waals surface area contributed by atoms with Crippen molar-refractivity contribution in [1.82, 2.24) is 0 Å². The Balaban J connectivity index is 3.47. The molecule has 0 saturated heterocycles. The van der Waals surface area contributed by atoms with Gasteiger partial charge in [-0.1, -0.05) is 0 Å². The van der Waals surface area contributed by atoms with Gasteiger partial charge >= 0.3 is 31.3 Å². The molecule has 0 aromatic rings. The van der Waals surface area contributed by atoms with E-state index in [-0.39, 0.29) is 0 Å². The number of phosphoric ester groups is 4. The van der Waals surface area contributed by atoms with Gasteiger partial charge in [-0.05, 0) is 0 Å². The van der Waals surface area contributed by atoms with E-state index >= 15 is 0 Å². The van der Waals surface area contributed by atoms with E-state index in [4.69, 9.17) is 39.1 Å². The maximum Gasteiger partial charge on any atom is 0.470 e. The molecule has 1 saturated carbocycles. The zero-order chi connectivity index (χ0) is 22.3. The van der Waals surface area contributed by atoms with Gasteiger partial charge in [-0.25, -0.2) is 18.3 Å². The highest BCUT2D eigenvalue weighted by molar-refractivity contribution is 7.47. The molecule has 18 nitrogen and oxygen atoms in total. The highest BCUT2D eigenvalue weighted by Crippen LogP contribution is 2.51. The Morgan fingerprint density at radius 3 is 0.679 bits per heavy atom. The SMILES string of the molecule is O=P(O)(O)O[C@@H]1[C@@H](O)[C@H](OP(=O)(O)O)[C@@H](OP(=O)(O)O)[C@@H](O)[C@H]1OP(=O)(O)O. The molecule has 0 aromatic heterocycles. The predicted octanol–water partition coefficient (Wildman–Crippen LogP) is -3.37.